The molecule has 0 atom stereocenters. The zero-order valence-corrected chi connectivity index (χ0v) is 18.2. The molecule has 0 aliphatic carbocycles. The molecule has 0 N–H and O–H groups in total. The summed E-state index contributed by atoms with van der Waals surface area (Å²) in [7, 11) is 6.00. The van der Waals surface area contributed by atoms with E-state index in [0.717, 1.165) is 6.42 Å². The maximum Gasteiger partial charge on any atom is 0.329 e. The van der Waals surface area contributed by atoms with Gasteiger partial charge in [0.05, 0.1) is 16.6 Å². The third-order valence-corrected chi connectivity index (χ3v) is 3.84. The molecule has 1 aromatic heterocycles. The highest BCUT2D eigenvalue weighted by Crippen LogP contribution is 2.35. The van der Waals surface area contributed by atoms with Gasteiger partial charge in [-0.3, -0.25) is 4.57 Å². The first kappa shape index (κ1) is 23.6. The number of hydrogen-bond acceptors (Lipinski definition) is 4. The second kappa shape index (κ2) is 12.1. The number of carbonyl (C=O) groups excluding carboxylic acids is 1. The van der Waals surface area contributed by atoms with E-state index in [1.54, 1.807) is 29.4 Å². The Labute approximate surface area is 175 Å². The van der Waals surface area contributed by atoms with Crippen LogP contribution in [0.25, 0.3) is 0 Å². The number of carbonyl (C=O) groups is 1. The second-order valence-corrected chi connectivity index (χ2v) is 7.38. The van der Waals surface area contributed by atoms with E-state index in [2.05, 4.69) is 4.98 Å². The van der Waals surface area contributed by atoms with Crippen LogP contribution in [-0.4, -0.2) is 66.2 Å². The number of aromatic nitrogens is 2. The van der Waals surface area contributed by atoms with Crippen LogP contribution in [0.3, 0.4) is 0 Å². The molecule has 0 aliphatic rings. The SMILES string of the molecule is CCCN(CCOc1c(Cl)cc(Cl)cc1Cl)C(=O)n1ccnc1.CN(C)C. The minimum absolute atomic E-state index is 0.152. The highest BCUT2D eigenvalue weighted by molar-refractivity contribution is 6.40. The maximum atomic E-state index is 12.3. The largest absolute Gasteiger partial charge is 0.489 e. The summed E-state index contributed by atoms with van der Waals surface area (Å²) in [5.41, 5.74) is 0. The van der Waals surface area contributed by atoms with Crippen molar-refractivity contribution in [2.45, 2.75) is 13.3 Å². The molecule has 2 aromatic rings. The van der Waals surface area contributed by atoms with E-state index >= 15 is 0 Å². The molecule has 9 heteroatoms. The fourth-order valence-electron chi connectivity index (χ4n) is 2.03. The van der Waals surface area contributed by atoms with Crippen LogP contribution < -0.4 is 4.74 Å². The summed E-state index contributed by atoms with van der Waals surface area (Å²) in [5.74, 6) is 0.365. The van der Waals surface area contributed by atoms with Gasteiger partial charge in [0.1, 0.15) is 12.9 Å². The summed E-state index contributed by atoms with van der Waals surface area (Å²) in [6.45, 7) is 3.28. The topological polar surface area (TPSA) is 50.6 Å². The lowest BCUT2D eigenvalue weighted by atomic mass is 10.3. The first-order chi connectivity index (χ1) is 12.8. The molecular formula is C18H25Cl3N4O2. The Hall–Kier alpha value is -1.47. The Morgan fingerprint density at radius 1 is 1.15 bits per heavy atom. The van der Waals surface area contributed by atoms with Crippen molar-refractivity contribution in [3.8, 4) is 5.75 Å². The van der Waals surface area contributed by atoms with Gasteiger partial charge in [0, 0.05) is 24.0 Å². The van der Waals surface area contributed by atoms with Gasteiger partial charge < -0.3 is 14.5 Å². The Morgan fingerprint density at radius 2 is 1.74 bits per heavy atom. The van der Waals surface area contributed by atoms with Crippen molar-refractivity contribution in [1.29, 1.82) is 0 Å². The molecule has 1 amide bonds. The molecule has 1 heterocycles. The minimum atomic E-state index is -0.152. The quantitative estimate of drug-likeness (QED) is 0.655. The summed E-state index contributed by atoms with van der Waals surface area (Å²) in [6, 6.07) is 2.97. The molecule has 0 aliphatic heterocycles. The Bertz CT molecular complexity index is 683. The average molecular weight is 436 g/mol. The number of amides is 1. The van der Waals surface area contributed by atoms with Crippen molar-refractivity contribution >= 4 is 40.8 Å². The van der Waals surface area contributed by atoms with Gasteiger partial charge in [-0.2, -0.15) is 0 Å². The standard InChI is InChI=1S/C15H16Cl3N3O2.C3H9N/c1-2-4-20(15(22)21-5-3-19-10-21)6-7-23-14-12(17)8-11(16)9-13(14)18;1-4(2)3/h3,5,8-10H,2,4,6-7H2,1H3;1-3H3. The van der Waals surface area contributed by atoms with Crippen molar-refractivity contribution in [3.63, 3.8) is 0 Å². The molecule has 1 aromatic carbocycles. The zero-order chi connectivity index (χ0) is 20.4. The summed E-state index contributed by atoms with van der Waals surface area (Å²) in [4.78, 5) is 19.9. The predicted molar refractivity (Wildman–Crippen MR) is 111 cm³/mol. The Morgan fingerprint density at radius 3 is 2.22 bits per heavy atom. The molecule has 27 heavy (non-hydrogen) atoms. The third-order valence-electron chi connectivity index (χ3n) is 3.06. The second-order valence-electron chi connectivity index (χ2n) is 6.13. The van der Waals surface area contributed by atoms with Crippen molar-refractivity contribution in [3.05, 3.63) is 45.9 Å². The third kappa shape index (κ3) is 8.39. The highest BCUT2D eigenvalue weighted by Gasteiger charge is 2.15. The first-order valence-electron chi connectivity index (χ1n) is 8.41. The van der Waals surface area contributed by atoms with E-state index < -0.39 is 0 Å². The number of nitrogens with zero attached hydrogens (tertiary/aromatic N) is 4. The highest BCUT2D eigenvalue weighted by atomic mass is 35.5. The Kier molecular flexibility index (Phi) is 10.5. The van der Waals surface area contributed by atoms with Crippen LogP contribution in [-0.2, 0) is 0 Å². The van der Waals surface area contributed by atoms with E-state index in [9.17, 15) is 4.79 Å². The summed E-state index contributed by atoms with van der Waals surface area (Å²) < 4.78 is 7.05. The van der Waals surface area contributed by atoms with Crippen LogP contribution in [0.2, 0.25) is 15.1 Å². The lowest BCUT2D eigenvalue weighted by molar-refractivity contribution is 0.184. The van der Waals surface area contributed by atoms with Crippen molar-refractivity contribution < 1.29 is 9.53 Å². The lowest BCUT2D eigenvalue weighted by Gasteiger charge is -2.22. The van der Waals surface area contributed by atoms with E-state index in [0.29, 0.717) is 33.9 Å². The molecule has 6 nitrogen and oxygen atoms in total. The molecule has 0 unspecified atom stereocenters. The predicted octanol–water partition coefficient (Wildman–Crippen LogP) is 4.78. The number of imidazole rings is 1. The van der Waals surface area contributed by atoms with Crippen LogP contribution in [0.15, 0.2) is 30.9 Å². The summed E-state index contributed by atoms with van der Waals surface area (Å²) in [6.07, 6.45) is 5.48. The normalized spacial score (nSPS) is 10.4. The van der Waals surface area contributed by atoms with Crippen molar-refractivity contribution in [2.24, 2.45) is 0 Å². The smallest absolute Gasteiger partial charge is 0.329 e. The first-order valence-corrected chi connectivity index (χ1v) is 9.55. The Balaban J connectivity index is 0.000000828. The van der Waals surface area contributed by atoms with Crippen LogP contribution in [0, 0.1) is 0 Å². The van der Waals surface area contributed by atoms with Gasteiger partial charge in [-0.1, -0.05) is 41.7 Å². The van der Waals surface area contributed by atoms with Gasteiger partial charge in [-0.25, -0.2) is 9.78 Å². The number of halogens is 3. The fraction of sp³-hybridized carbons (Fsp3) is 0.444. The monoisotopic (exact) mass is 434 g/mol. The van der Waals surface area contributed by atoms with Gasteiger partial charge in [-0.05, 0) is 39.7 Å². The van der Waals surface area contributed by atoms with Gasteiger partial charge in [0.2, 0.25) is 0 Å². The van der Waals surface area contributed by atoms with E-state index in [1.807, 2.05) is 33.0 Å². The van der Waals surface area contributed by atoms with Crippen LogP contribution >= 0.6 is 34.8 Å². The number of rotatable bonds is 6. The molecule has 150 valence electrons. The molecule has 0 saturated carbocycles. The molecule has 0 fully saturated rings. The lowest BCUT2D eigenvalue weighted by Crippen LogP contribution is -2.37. The number of hydrogen-bond donors (Lipinski definition) is 0. The minimum Gasteiger partial charge on any atom is -0.489 e. The summed E-state index contributed by atoms with van der Waals surface area (Å²) >= 11 is 18.0. The van der Waals surface area contributed by atoms with Gasteiger partial charge in [-0.15, -0.1) is 0 Å². The maximum absolute atomic E-state index is 12.3. The fourth-order valence-corrected chi connectivity index (χ4v) is 2.96. The molecule has 0 bridgehead atoms. The molecule has 0 spiro atoms. The summed E-state index contributed by atoms with van der Waals surface area (Å²) in [5, 5.41) is 1.12. The van der Waals surface area contributed by atoms with Crippen molar-refractivity contribution in [2.75, 3.05) is 40.8 Å². The van der Waals surface area contributed by atoms with Gasteiger partial charge in [0.15, 0.2) is 5.75 Å². The van der Waals surface area contributed by atoms with E-state index in [4.69, 9.17) is 39.5 Å². The molecule has 0 saturated heterocycles. The van der Waals surface area contributed by atoms with Gasteiger partial charge in [0.25, 0.3) is 0 Å². The van der Waals surface area contributed by atoms with E-state index in [-0.39, 0.29) is 12.6 Å². The molecule has 2 rings (SSSR count). The van der Waals surface area contributed by atoms with E-state index in [1.165, 1.54) is 10.9 Å². The van der Waals surface area contributed by atoms with Crippen LogP contribution in [0.5, 0.6) is 5.75 Å². The molecule has 0 radical (unpaired) electrons. The van der Waals surface area contributed by atoms with Crippen LogP contribution in [0.4, 0.5) is 4.79 Å². The van der Waals surface area contributed by atoms with Gasteiger partial charge >= 0.3 is 6.03 Å². The number of benzene rings is 1. The van der Waals surface area contributed by atoms with Crippen LogP contribution in [0.1, 0.15) is 13.3 Å². The van der Waals surface area contributed by atoms with Crippen molar-refractivity contribution in [1.82, 2.24) is 19.4 Å². The zero-order valence-electron chi connectivity index (χ0n) is 16.0. The average Bonchev–Trinajstić information content (AvgIpc) is 3.09. The molecular weight excluding hydrogens is 411 g/mol. The number of ether oxygens (including phenoxy) is 1.